The number of nitrogens with two attached hydrogens (primary N) is 1. The van der Waals surface area contributed by atoms with Crippen molar-refractivity contribution in [3.63, 3.8) is 0 Å². The average molecular weight is 248 g/mol. The predicted octanol–water partition coefficient (Wildman–Crippen LogP) is 2.19. The molecule has 0 atom stereocenters. The van der Waals surface area contributed by atoms with Crippen LogP contribution in [0.3, 0.4) is 0 Å². The van der Waals surface area contributed by atoms with Crippen LogP contribution in [0.2, 0.25) is 0 Å². The highest BCUT2D eigenvalue weighted by Gasteiger charge is 2.17. The molecule has 1 aromatic rings. The van der Waals surface area contributed by atoms with Gasteiger partial charge < -0.3 is 10.6 Å². The van der Waals surface area contributed by atoms with Crippen molar-refractivity contribution in [1.82, 2.24) is 4.90 Å². The topological polar surface area (TPSA) is 46.3 Å². The van der Waals surface area contributed by atoms with Gasteiger partial charge in [-0.1, -0.05) is 45.0 Å². The lowest BCUT2D eigenvalue weighted by Gasteiger charge is -2.26. The van der Waals surface area contributed by atoms with Gasteiger partial charge in [-0.25, -0.2) is 0 Å². The molecule has 3 heteroatoms. The molecule has 1 aromatic carbocycles. The lowest BCUT2D eigenvalue weighted by molar-refractivity contribution is -0.130. The van der Waals surface area contributed by atoms with Gasteiger partial charge in [0.15, 0.2) is 0 Å². The Morgan fingerprint density at radius 3 is 2.11 bits per heavy atom. The van der Waals surface area contributed by atoms with Crippen LogP contribution in [-0.4, -0.2) is 24.4 Å². The van der Waals surface area contributed by atoms with E-state index in [1.807, 2.05) is 31.3 Å². The minimum atomic E-state index is 0.133. The standard InChI is InChI=1S/C15H24N2O/c1-15(2,3)11-17(4)14(18)9-12-5-7-13(10-16)8-6-12/h5-8H,9-11,16H2,1-4H3. The average Bonchev–Trinajstić information content (AvgIpc) is 2.27. The number of likely N-dealkylation sites (N-methyl/N-ethyl adjacent to an activating group) is 1. The zero-order chi connectivity index (χ0) is 13.8. The zero-order valence-electron chi connectivity index (χ0n) is 11.9. The molecule has 0 aliphatic carbocycles. The van der Waals surface area contributed by atoms with Gasteiger partial charge in [0.25, 0.3) is 0 Å². The second kappa shape index (κ2) is 6.01. The van der Waals surface area contributed by atoms with Crippen molar-refractivity contribution in [3.05, 3.63) is 35.4 Å². The number of benzene rings is 1. The van der Waals surface area contributed by atoms with Gasteiger partial charge in [-0.3, -0.25) is 4.79 Å². The van der Waals surface area contributed by atoms with E-state index in [2.05, 4.69) is 20.8 Å². The summed E-state index contributed by atoms with van der Waals surface area (Å²) in [6.07, 6.45) is 0.456. The summed E-state index contributed by atoms with van der Waals surface area (Å²) in [4.78, 5) is 13.8. The van der Waals surface area contributed by atoms with Crippen LogP contribution in [0.1, 0.15) is 31.9 Å². The Morgan fingerprint density at radius 1 is 1.17 bits per heavy atom. The van der Waals surface area contributed by atoms with Crippen molar-refractivity contribution in [2.24, 2.45) is 11.1 Å². The van der Waals surface area contributed by atoms with E-state index in [0.29, 0.717) is 13.0 Å². The summed E-state index contributed by atoms with van der Waals surface area (Å²) >= 11 is 0. The highest BCUT2D eigenvalue weighted by atomic mass is 16.2. The van der Waals surface area contributed by atoms with Crippen LogP contribution >= 0.6 is 0 Å². The molecular formula is C15H24N2O. The number of carbonyl (C=O) groups excluding carboxylic acids is 1. The van der Waals surface area contributed by atoms with E-state index in [4.69, 9.17) is 5.73 Å². The van der Waals surface area contributed by atoms with Crippen LogP contribution in [0.25, 0.3) is 0 Å². The van der Waals surface area contributed by atoms with Crippen molar-refractivity contribution in [2.45, 2.75) is 33.7 Å². The van der Waals surface area contributed by atoms with E-state index in [1.165, 1.54) is 0 Å². The van der Waals surface area contributed by atoms with E-state index in [0.717, 1.165) is 17.7 Å². The first kappa shape index (κ1) is 14.7. The molecule has 0 bridgehead atoms. The first-order chi connectivity index (χ1) is 8.31. The summed E-state index contributed by atoms with van der Waals surface area (Å²) in [6.45, 7) is 7.71. The molecule has 100 valence electrons. The zero-order valence-corrected chi connectivity index (χ0v) is 11.9. The molecule has 0 fully saturated rings. The Labute approximate surface area is 110 Å². The predicted molar refractivity (Wildman–Crippen MR) is 75.1 cm³/mol. The van der Waals surface area contributed by atoms with Crippen molar-refractivity contribution < 1.29 is 4.79 Å². The Morgan fingerprint density at radius 2 is 1.67 bits per heavy atom. The van der Waals surface area contributed by atoms with Gasteiger partial charge in [-0.05, 0) is 16.5 Å². The number of nitrogens with zero attached hydrogens (tertiary/aromatic N) is 1. The molecule has 0 aromatic heterocycles. The SMILES string of the molecule is CN(CC(C)(C)C)C(=O)Cc1ccc(CN)cc1. The smallest absolute Gasteiger partial charge is 0.226 e. The van der Waals surface area contributed by atoms with Crippen molar-refractivity contribution >= 4 is 5.91 Å². The summed E-state index contributed by atoms with van der Waals surface area (Å²) < 4.78 is 0. The monoisotopic (exact) mass is 248 g/mol. The molecule has 0 saturated heterocycles. The van der Waals surface area contributed by atoms with E-state index < -0.39 is 0 Å². The second-order valence-corrected chi connectivity index (χ2v) is 6.01. The molecule has 3 nitrogen and oxygen atoms in total. The fourth-order valence-electron chi connectivity index (χ4n) is 1.90. The Hall–Kier alpha value is -1.35. The first-order valence-corrected chi connectivity index (χ1v) is 6.34. The number of rotatable bonds is 4. The molecule has 0 aliphatic heterocycles. The quantitative estimate of drug-likeness (QED) is 0.888. The van der Waals surface area contributed by atoms with Gasteiger partial charge in [0.2, 0.25) is 5.91 Å². The number of amides is 1. The molecule has 2 N–H and O–H groups in total. The molecule has 0 radical (unpaired) electrons. The summed E-state index contributed by atoms with van der Waals surface area (Å²) in [6, 6.07) is 7.91. The summed E-state index contributed by atoms with van der Waals surface area (Å²) in [5.74, 6) is 0.158. The van der Waals surface area contributed by atoms with Gasteiger partial charge in [0, 0.05) is 20.1 Å². The van der Waals surface area contributed by atoms with Crippen molar-refractivity contribution in [1.29, 1.82) is 0 Å². The van der Waals surface area contributed by atoms with Gasteiger partial charge in [0.05, 0.1) is 6.42 Å². The Balaban J connectivity index is 2.58. The lowest BCUT2D eigenvalue weighted by Crippen LogP contribution is -2.35. The molecule has 0 saturated carbocycles. The minimum absolute atomic E-state index is 0.133. The largest absolute Gasteiger partial charge is 0.345 e. The van der Waals surface area contributed by atoms with Gasteiger partial charge in [0.1, 0.15) is 0 Å². The molecule has 1 rings (SSSR count). The molecule has 1 amide bonds. The second-order valence-electron chi connectivity index (χ2n) is 6.01. The third-order valence-electron chi connectivity index (χ3n) is 2.75. The highest BCUT2D eigenvalue weighted by Crippen LogP contribution is 2.15. The third-order valence-corrected chi connectivity index (χ3v) is 2.75. The Kier molecular flexibility index (Phi) is 4.91. The van der Waals surface area contributed by atoms with Crippen LogP contribution in [0, 0.1) is 5.41 Å². The van der Waals surface area contributed by atoms with Crippen molar-refractivity contribution in [3.8, 4) is 0 Å². The molecule has 18 heavy (non-hydrogen) atoms. The third kappa shape index (κ3) is 4.88. The van der Waals surface area contributed by atoms with Crippen LogP contribution in [0.4, 0.5) is 0 Å². The number of hydrogen-bond donors (Lipinski definition) is 1. The van der Waals surface area contributed by atoms with Gasteiger partial charge in [-0.2, -0.15) is 0 Å². The number of carbonyl (C=O) groups is 1. The lowest BCUT2D eigenvalue weighted by atomic mass is 9.96. The maximum absolute atomic E-state index is 12.0. The maximum atomic E-state index is 12.0. The minimum Gasteiger partial charge on any atom is -0.345 e. The van der Waals surface area contributed by atoms with E-state index in [1.54, 1.807) is 4.90 Å². The molecule has 0 heterocycles. The molecule has 0 aliphatic rings. The van der Waals surface area contributed by atoms with E-state index in [-0.39, 0.29) is 11.3 Å². The molecule has 0 unspecified atom stereocenters. The normalized spacial score (nSPS) is 11.4. The van der Waals surface area contributed by atoms with Crippen LogP contribution in [0.15, 0.2) is 24.3 Å². The van der Waals surface area contributed by atoms with Crippen LogP contribution in [0.5, 0.6) is 0 Å². The fraction of sp³-hybridized carbons (Fsp3) is 0.533. The van der Waals surface area contributed by atoms with E-state index >= 15 is 0 Å². The fourth-order valence-corrected chi connectivity index (χ4v) is 1.90. The van der Waals surface area contributed by atoms with Crippen LogP contribution < -0.4 is 5.73 Å². The molecular weight excluding hydrogens is 224 g/mol. The van der Waals surface area contributed by atoms with Crippen LogP contribution in [-0.2, 0) is 17.8 Å². The summed E-state index contributed by atoms with van der Waals surface area (Å²) in [5.41, 5.74) is 7.81. The van der Waals surface area contributed by atoms with Gasteiger partial charge >= 0.3 is 0 Å². The van der Waals surface area contributed by atoms with Crippen molar-refractivity contribution in [2.75, 3.05) is 13.6 Å². The van der Waals surface area contributed by atoms with E-state index in [9.17, 15) is 4.79 Å². The number of hydrogen-bond acceptors (Lipinski definition) is 2. The maximum Gasteiger partial charge on any atom is 0.226 e. The summed E-state index contributed by atoms with van der Waals surface area (Å²) in [5, 5.41) is 0. The first-order valence-electron chi connectivity index (χ1n) is 6.34. The highest BCUT2D eigenvalue weighted by molar-refractivity contribution is 5.78. The Bertz CT molecular complexity index is 390. The van der Waals surface area contributed by atoms with Gasteiger partial charge in [-0.15, -0.1) is 0 Å². The molecule has 0 spiro atoms. The summed E-state index contributed by atoms with van der Waals surface area (Å²) in [7, 11) is 1.86.